The minimum absolute atomic E-state index is 0.0951. The van der Waals surface area contributed by atoms with Crippen molar-refractivity contribution in [3.05, 3.63) is 65.2 Å². The SMILES string of the molecule is Cc1cccc(C(C(=O)Nc2ccccc2C)N(C(=O)C(NC(=O)OC(C)(C)C)C(C)C)C2CCC2)c1. The van der Waals surface area contributed by atoms with Crippen LogP contribution in [0, 0.1) is 19.8 Å². The molecule has 0 radical (unpaired) electrons. The highest BCUT2D eigenvalue weighted by molar-refractivity contribution is 5.99. The summed E-state index contributed by atoms with van der Waals surface area (Å²) in [7, 11) is 0. The number of hydrogen-bond acceptors (Lipinski definition) is 4. The number of rotatable bonds is 8. The molecule has 200 valence electrons. The first-order valence-corrected chi connectivity index (χ1v) is 13.1. The summed E-state index contributed by atoms with van der Waals surface area (Å²) in [5, 5.41) is 5.85. The Balaban J connectivity index is 2.02. The lowest BCUT2D eigenvalue weighted by Gasteiger charge is -2.44. The van der Waals surface area contributed by atoms with Gasteiger partial charge in [0.1, 0.15) is 17.7 Å². The second-order valence-corrected chi connectivity index (χ2v) is 11.3. The van der Waals surface area contributed by atoms with Gasteiger partial charge in [-0.15, -0.1) is 0 Å². The van der Waals surface area contributed by atoms with Crippen molar-refractivity contribution < 1.29 is 19.1 Å². The molecule has 1 aliphatic rings. The van der Waals surface area contributed by atoms with Gasteiger partial charge in [-0.1, -0.05) is 61.9 Å². The lowest BCUT2D eigenvalue weighted by molar-refractivity contribution is -0.146. The van der Waals surface area contributed by atoms with E-state index in [1.54, 1.807) is 25.7 Å². The first-order valence-electron chi connectivity index (χ1n) is 13.1. The molecule has 0 spiro atoms. The molecule has 1 saturated carbocycles. The lowest BCUT2D eigenvalue weighted by atomic mass is 9.87. The van der Waals surface area contributed by atoms with Crippen LogP contribution in [0.1, 0.15) is 76.6 Å². The normalized spacial score (nSPS) is 15.4. The Morgan fingerprint density at radius 3 is 2.22 bits per heavy atom. The number of carbonyl (C=O) groups excluding carboxylic acids is 3. The molecule has 2 unspecified atom stereocenters. The van der Waals surface area contributed by atoms with Crippen LogP contribution in [0.2, 0.25) is 0 Å². The summed E-state index contributed by atoms with van der Waals surface area (Å²) in [6, 6.07) is 13.5. The maximum Gasteiger partial charge on any atom is 0.408 e. The summed E-state index contributed by atoms with van der Waals surface area (Å²) in [6.45, 7) is 13.0. The fraction of sp³-hybridized carbons (Fsp3) is 0.500. The van der Waals surface area contributed by atoms with Crippen molar-refractivity contribution in [2.24, 2.45) is 5.92 Å². The van der Waals surface area contributed by atoms with E-state index < -0.39 is 23.8 Å². The van der Waals surface area contributed by atoms with Crippen LogP contribution in [0.3, 0.4) is 0 Å². The number of hydrogen-bond donors (Lipinski definition) is 2. The van der Waals surface area contributed by atoms with E-state index in [0.29, 0.717) is 5.69 Å². The molecule has 2 aromatic rings. The van der Waals surface area contributed by atoms with E-state index in [4.69, 9.17) is 4.74 Å². The van der Waals surface area contributed by atoms with Gasteiger partial charge in [0, 0.05) is 11.7 Å². The van der Waals surface area contributed by atoms with Crippen molar-refractivity contribution in [2.75, 3.05) is 5.32 Å². The molecule has 2 aromatic carbocycles. The molecule has 3 amide bonds. The van der Waals surface area contributed by atoms with Crippen molar-refractivity contribution in [1.82, 2.24) is 10.2 Å². The summed E-state index contributed by atoms with van der Waals surface area (Å²) >= 11 is 0. The van der Waals surface area contributed by atoms with Crippen molar-refractivity contribution >= 4 is 23.6 Å². The van der Waals surface area contributed by atoms with Gasteiger partial charge in [0.25, 0.3) is 5.91 Å². The number of amides is 3. The van der Waals surface area contributed by atoms with Gasteiger partial charge in [-0.3, -0.25) is 9.59 Å². The molecule has 0 aliphatic heterocycles. The largest absolute Gasteiger partial charge is 0.444 e. The highest BCUT2D eigenvalue weighted by Crippen LogP contribution is 2.35. The number of aryl methyl sites for hydroxylation is 2. The fourth-order valence-corrected chi connectivity index (χ4v) is 4.48. The number of ether oxygens (including phenoxy) is 1. The van der Waals surface area contributed by atoms with Gasteiger partial charge >= 0.3 is 6.09 Å². The van der Waals surface area contributed by atoms with Gasteiger partial charge in [0.15, 0.2) is 0 Å². The molecule has 0 heterocycles. The molecule has 2 N–H and O–H groups in total. The molecule has 1 aliphatic carbocycles. The number of anilines is 1. The lowest BCUT2D eigenvalue weighted by Crippen LogP contribution is -2.58. The van der Waals surface area contributed by atoms with Gasteiger partial charge in [-0.25, -0.2) is 4.79 Å². The predicted octanol–water partition coefficient (Wildman–Crippen LogP) is 5.91. The van der Waals surface area contributed by atoms with Gasteiger partial charge in [0.2, 0.25) is 5.91 Å². The third-order valence-corrected chi connectivity index (χ3v) is 6.61. The van der Waals surface area contributed by atoms with Crippen LogP contribution in [0.15, 0.2) is 48.5 Å². The van der Waals surface area contributed by atoms with Crippen LogP contribution in [-0.2, 0) is 14.3 Å². The first kappa shape index (κ1) is 28.2. The van der Waals surface area contributed by atoms with E-state index in [1.165, 1.54) is 0 Å². The molecule has 3 rings (SSSR count). The molecular formula is C30H41N3O4. The highest BCUT2D eigenvalue weighted by atomic mass is 16.6. The maximum atomic E-state index is 14.2. The summed E-state index contributed by atoms with van der Waals surface area (Å²) in [5.41, 5.74) is 2.69. The van der Waals surface area contributed by atoms with Crippen LogP contribution in [0.25, 0.3) is 0 Å². The number of carbonyl (C=O) groups is 3. The van der Waals surface area contributed by atoms with E-state index in [0.717, 1.165) is 36.0 Å². The number of nitrogens with one attached hydrogen (secondary N) is 2. The van der Waals surface area contributed by atoms with E-state index in [-0.39, 0.29) is 23.8 Å². The van der Waals surface area contributed by atoms with E-state index in [1.807, 2.05) is 76.2 Å². The molecule has 0 aromatic heterocycles. The number of alkyl carbamates (subject to hydrolysis) is 1. The van der Waals surface area contributed by atoms with Crippen molar-refractivity contribution in [3.8, 4) is 0 Å². The Bertz CT molecular complexity index is 1120. The quantitative estimate of drug-likeness (QED) is 0.465. The zero-order chi connectivity index (χ0) is 27.3. The Morgan fingerprint density at radius 2 is 1.68 bits per heavy atom. The standard InChI is InChI=1S/C30H41N3O4/c1-19(2)25(32-29(36)37-30(5,6)7)28(35)33(23-15-11-16-23)26(22-14-10-12-20(3)18-22)27(34)31-24-17-9-8-13-21(24)4/h8-10,12-14,17-19,23,25-26H,11,15-16H2,1-7H3,(H,31,34)(H,32,36). The van der Waals surface area contributed by atoms with Crippen LogP contribution >= 0.6 is 0 Å². The predicted molar refractivity (Wildman–Crippen MR) is 146 cm³/mol. The molecule has 7 heteroatoms. The van der Waals surface area contributed by atoms with Gasteiger partial charge in [-0.05, 0) is 77.0 Å². The van der Waals surface area contributed by atoms with Crippen LogP contribution in [-0.4, -0.2) is 40.5 Å². The zero-order valence-electron chi connectivity index (χ0n) is 23.1. The van der Waals surface area contributed by atoms with Gasteiger partial charge in [-0.2, -0.15) is 0 Å². The zero-order valence-corrected chi connectivity index (χ0v) is 23.1. The minimum Gasteiger partial charge on any atom is -0.444 e. The molecule has 0 saturated heterocycles. The summed E-state index contributed by atoms with van der Waals surface area (Å²) in [4.78, 5) is 42.5. The number of nitrogens with zero attached hydrogens (tertiary/aromatic N) is 1. The van der Waals surface area contributed by atoms with Crippen molar-refractivity contribution in [2.45, 2.75) is 91.5 Å². The van der Waals surface area contributed by atoms with Crippen LogP contribution < -0.4 is 10.6 Å². The summed E-state index contributed by atoms with van der Waals surface area (Å²) < 4.78 is 5.45. The second-order valence-electron chi connectivity index (χ2n) is 11.3. The Hall–Kier alpha value is -3.35. The Labute approximate surface area is 221 Å². The van der Waals surface area contributed by atoms with Gasteiger partial charge < -0.3 is 20.3 Å². The smallest absolute Gasteiger partial charge is 0.408 e. The maximum absolute atomic E-state index is 14.2. The molecule has 2 atom stereocenters. The summed E-state index contributed by atoms with van der Waals surface area (Å²) in [6.07, 6.45) is 1.95. The highest BCUT2D eigenvalue weighted by Gasteiger charge is 2.42. The summed E-state index contributed by atoms with van der Waals surface area (Å²) in [5.74, 6) is -0.767. The average Bonchev–Trinajstić information content (AvgIpc) is 2.75. The first-order chi connectivity index (χ1) is 17.4. The van der Waals surface area contributed by atoms with E-state index in [2.05, 4.69) is 10.6 Å². The Morgan fingerprint density at radius 1 is 1.00 bits per heavy atom. The molecule has 7 nitrogen and oxygen atoms in total. The molecule has 37 heavy (non-hydrogen) atoms. The monoisotopic (exact) mass is 507 g/mol. The van der Waals surface area contributed by atoms with Crippen LogP contribution in [0.4, 0.5) is 10.5 Å². The minimum atomic E-state index is -0.848. The van der Waals surface area contributed by atoms with E-state index >= 15 is 0 Å². The van der Waals surface area contributed by atoms with Crippen molar-refractivity contribution in [3.63, 3.8) is 0 Å². The molecule has 0 bridgehead atoms. The topological polar surface area (TPSA) is 87.7 Å². The Kier molecular flexibility index (Phi) is 9.00. The average molecular weight is 508 g/mol. The molecular weight excluding hydrogens is 466 g/mol. The van der Waals surface area contributed by atoms with Crippen molar-refractivity contribution in [1.29, 1.82) is 0 Å². The second kappa shape index (κ2) is 11.8. The molecule has 1 fully saturated rings. The fourth-order valence-electron chi connectivity index (χ4n) is 4.48. The number of benzene rings is 2. The number of para-hydroxylation sites is 1. The third kappa shape index (κ3) is 7.34. The van der Waals surface area contributed by atoms with Crippen LogP contribution in [0.5, 0.6) is 0 Å². The van der Waals surface area contributed by atoms with Gasteiger partial charge in [0.05, 0.1) is 0 Å². The third-order valence-electron chi connectivity index (χ3n) is 6.61. The van der Waals surface area contributed by atoms with E-state index in [9.17, 15) is 14.4 Å².